The first kappa shape index (κ1) is 26.3. The van der Waals surface area contributed by atoms with E-state index in [1.54, 1.807) is 6.07 Å². The molecule has 0 unspecified atom stereocenters. The molecule has 6 nitrogen and oxygen atoms in total. The highest BCUT2D eigenvalue weighted by atomic mass is 16.5. The lowest BCUT2D eigenvalue weighted by Crippen LogP contribution is -2.38. The van der Waals surface area contributed by atoms with Gasteiger partial charge in [-0.05, 0) is 83.7 Å². The maximum Gasteiger partial charge on any atom is 0.307 e. The first-order chi connectivity index (χ1) is 18.4. The summed E-state index contributed by atoms with van der Waals surface area (Å²) >= 11 is 0. The lowest BCUT2D eigenvalue weighted by molar-refractivity contribution is -0.136. The zero-order valence-electron chi connectivity index (χ0n) is 21.9. The quantitative estimate of drug-likeness (QED) is 0.338. The van der Waals surface area contributed by atoms with Crippen LogP contribution in [-0.4, -0.2) is 35.9 Å². The molecule has 0 bridgehead atoms. The molecule has 1 aliphatic carbocycles. The molecule has 1 saturated heterocycles. The zero-order valence-corrected chi connectivity index (χ0v) is 21.9. The van der Waals surface area contributed by atoms with Crippen LogP contribution in [0.15, 0.2) is 66.7 Å². The maximum absolute atomic E-state index is 11.3. The van der Waals surface area contributed by atoms with Gasteiger partial charge in [-0.3, -0.25) is 4.79 Å². The summed E-state index contributed by atoms with van der Waals surface area (Å²) in [6.07, 6.45) is 7.88. The number of carboxylic acid groups (broad SMARTS) is 1. The highest BCUT2D eigenvalue weighted by Crippen LogP contribution is 2.47. The van der Waals surface area contributed by atoms with E-state index in [1.807, 2.05) is 30.3 Å². The van der Waals surface area contributed by atoms with Crippen LogP contribution in [0.25, 0.3) is 11.1 Å². The van der Waals surface area contributed by atoms with Crippen molar-refractivity contribution in [1.82, 2.24) is 0 Å². The Bertz CT molecular complexity index is 1260. The van der Waals surface area contributed by atoms with Crippen LogP contribution in [0, 0.1) is 5.41 Å². The minimum Gasteiger partial charge on any atom is -0.489 e. The van der Waals surface area contributed by atoms with E-state index in [9.17, 15) is 15.0 Å². The summed E-state index contributed by atoms with van der Waals surface area (Å²) in [6.45, 7) is 2.35. The van der Waals surface area contributed by atoms with Crippen LogP contribution < -0.4 is 15.4 Å². The minimum atomic E-state index is -0.878. The second-order valence-electron chi connectivity index (χ2n) is 11.0. The molecule has 0 amide bonds. The molecule has 0 aromatic heterocycles. The van der Waals surface area contributed by atoms with Gasteiger partial charge in [-0.15, -0.1) is 0 Å². The molecule has 200 valence electrons. The third kappa shape index (κ3) is 6.03. The number of benzene rings is 3. The molecule has 1 heterocycles. The Kier molecular flexibility index (Phi) is 8.01. The molecule has 38 heavy (non-hydrogen) atoms. The van der Waals surface area contributed by atoms with Crippen LogP contribution in [0.2, 0.25) is 0 Å². The standard InChI is InChI=1S/C32H38N2O4/c33-29(21-35)25-8-5-7-24(18-25)27-16-23(22-38-30-9-2-1-6-26(30)20-31(36)37)17-28(19-27)34-14-12-32(13-15-34)10-3-4-11-32/h1-2,5-9,16-19,29,35H,3-4,10-15,20-22,33H2,(H,36,37)/t29-/m1/s1. The first-order valence-corrected chi connectivity index (χ1v) is 13.7. The van der Waals surface area contributed by atoms with Gasteiger partial charge in [-0.2, -0.15) is 0 Å². The van der Waals surface area contributed by atoms with Crippen molar-refractivity contribution >= 4 is 11.7 Å². The van der Waals surface area contributed by atoms with Crippen LogP contribution in [0.1, 0.15) is 61.3 Å². The molecule has 1 spiro atoms. The molecule has 2 aliphatic rings. The predicted molar refractivity (Wildman–Crippen MR) is 150 cm³/mol. The molecule has 5 rings (SSSR count). The average Bonchev–Trinajstić information content (AvgIpc) is 3.39. The van der Waals surface area contributed by atoms with Gasteiger partial charge in [0.1, 0.15) is 12.4 Å². The van der Waals surface area contributed by atoms with E-state index >= 15 is 0 Å². The monoisotopic (exact) mass is 514 g/mol. The molecule has 3 aromatic carbocycles. The number of aliphatic hydroxyl groups is 1. The summed E-state index contributed by atoms with van der Waals surface area (Å²) in [5, 5.41) is 18.9. The van der Waals surface area contributed by atoms with Gasteiger partial charge in [0.2, 0.25) is 0 Å². The van der Waals surface area contributed by atoms with Gasteiger partial charge in [-0.1, -0.05) is 49.2 Å². The molecular weight excluding hydrogens is 476 g/mol. The number of aliphatic carboxylic acids is 1. The Balaban J connectivity index is 1.44. The average molecular weight is 515 g/mol. The third-order valence-electron chi connectivity index (χ3n) is 8.38. The number of piperidine rings is 1. The summed E-state index contributed by atoms with van der Waals surface area (Å²) < 4.78 is 6.18. The molecule has 1 atom stereocenters. The maximum atomic E-state index is 11.3. The molecule has 6 heteroatoms. The predicted octanol–water partition coefficient (Wildman–Crippen LogP) is 5.71. The highest BCUT2D eigenvalue weighted by molar-refractivity contribution is 5.72. The molecule has 4 N–H and O–H groups in total. The molecule has 3 aromatic rings. The number of ether oxygens (including phenoxy) is 1. The van der Waals surface area contributed by atoms with Gasteiger partial charge in [0.15, 0.2) is 0 Å². The Labute approximate surface area is 225 Å². The number of anilines is 1. The van der Waals surface area contributed by atoms with Crippen molar-refractivity contribution in [3.05, 3.63) is 83.4 Å². The molecule has 2 fully saturated rings. The summed E-state index contributed by atoms with van der Waals surface area (Å²) in [5.74, 6) is -0.282. The van der Waals surface area contributed by atoms with Crippen molar-refractivity contribution in [2.45, 2.75) is 57.6 Å². The summed E-state index contributed by atoms with van der Waals surface area (Å²) in [7, 11) is 0. The van der Waals surface area contributed by atoms with Crippen LogP contribution in [0.4, 0.5) is 5.69 Å². The normalized spacial score (nSPS) is 17.5. The number of para-hydroxylation sites is 1. The summed E-state index contributed by atoms with van der Waals surface area (Å²) in [4.78, 5) is 13.8. The summed E-state index contributed by atoms with van der Waals surface area (Å²) in [6, 6.07) is 21.6. The van der Waals surface area contributed by atoms with Gasteiger partial charge in [0.05, 0.1) is 19.1 Å². The van der Waals surface area contributed by atoms with E-state index in [1.165, 1.54) is 44.2 Å². The number of carboxylic acids is 1. The number of nitrogens with two attached hydrogens (primary N) is 1. The molecular formula is C32H38N2O4. The molecule has 0 radical (unpaired) electrons. The van der Waals surface area contributed by atoms with Gasteiger partial charge >= 0.3 is 5.97 Å². The van der Waals surface area contributed by atoms with E-state index in [2.05, 4.69) is 35.2 Å². The topological polar surface area (TPSA) is 96.0 Å². The minimum absolute atomic E-state index is 0.0745. The number of rotatable bonds is 9. The third-order valence-corrected chi connectivity index (χ3v) is 8.38. The highest BCUT2D eigenvalue weighted by Gasteiger charge is 2.37. The fourth-order valence-corrected chi connectivity index (χ4v) is 6.14. The van der Waals surface area contributed by atoms with E-state index in [0.29, 0.717) is 23.3 Å². The van der Waals surface area contributed by atoms with Crippen molar-refractivity contribution in [3.63, 3.8) is 0 Å². The number of hydrogen-bond acceptors (Lipinski definition) is 5. The van der Waals surface area contributed by atoms with Gasteiger partial charge < -0.3 is 25.6 Å². The first-order valence-electron chi connectivity index (χ1n) is 13.7. The largest absolute Gasteiger partial charge is 0.489 e. The van der Waals surface area contributed by atoms with E-state index in [0.717, 1.165) is 35.3 Å². The fourth-order valence-electron chi connectivity index (χ4n) is 6.14. The second kappa shape index (κ2) is 11.6. The van der Waals surface area contributed by atoms with Crippen LogP contribution in [0.5, 0.6) is 5.75 Å². The Morgan fingerprint density at radius 3 is 2.45 bits per heavy atom. The SMILES string of the molecule is N[C@H](CO)c1cccc(-c2cc(COc3ccccc3CC(=O)O)cc(N3CCC4(CCCC4)CC3)c2)c1. The number of aliphatic hydroxyl groups excluding tert-OH is 1. The van der Waals surface area contributed by atoms with Crippen molar-refractivity contribution in [2.75, 3.05) is 24.6 Å². The van der Waals surface area contributed by atoms with Crippen molar-refractivity contribution < 1.29 is 19.7 Å². The lowest BCUT2D eigenvalue weighted by Gasteiger charge is -2.40. The van der Waals surface area contributed by atoms with Crippen molar-refractivity contribution in [1.29, 1.82) is 0 Å². The van der Waals surface area contributed by atoms with Crippen LogP contribution in [0.3, 0.4) is 0 Å². The Morgan fingerprint density at radius 1 is 0.947 bits per heavy atom. The number of carbonyl (C=O) groups is 1. The van der Waals surface area contributed by atoms with E-state index in [-0.39, 0.29) is 13.0 Å². The van der Waals surface area contributed by atoms with Gasteiger partial charge in [0.25, 0.3) is 0 Å². The molecule has 1 aliphatic heterocycles. The van der Waals surface area contributed by atoms with Gasteiger partial charge in [0, 0.05) is 24.3 Å². The van der Waals surface area contributed by atoms with Crippen molar-refractivity contribution in [2.24, 2.45) is 11.1 Å². The smallest absolute Gasteiger partial charge is 0.307 e. The van der Waals surface area contributed by atoms with E-state index in [4.69, 9.17) is 10.5 Å². The number of hydrogen-bond donors (Lipinski definition) is 3. The zero-order chi connectivity index (χ0) is 26.5. The van der Waals surface area contributed by atoms with Crippen LogP contribution in [-0.2, 0) is 17.8 Å². The summed E-state index contributed by atoms with van der Waals surface area (Å²) in [5.41, 5.74) is 12.6. The van der Waals surface area contributed by atoms with Gasteiger partial charge in [-0.25, -0.2) is 0 Å². The fraction of sp³-hybridized carbons (Fsp3) is 0.406. The van der Waals surface area contributed by atoms with Crippen molar-refractivity contribution in [3.8, 4) is 16.9 Å². The second-order valence-corrected chi connectivity index (χ2v) is 11.0. The molecule has 1 saturated carbocycles. The van der Waals surface area contributed by atoms with E-state index < -0.39 is 12.0 Å². The number of nitrogens with zero attached hydrogens (tertiary/aromatic N) is 1. The van der Waals surface area contributed by atoms with Crippen LogP contribution >= 0.6 is 0 Å². The Morgan fingerprint density at radius 2 is 1.71 bits per heavy atom. The Hall–Kier alpha value is -3.35. The lowest BCUT2D eigenvalue weighted by atomic mass is 9.77.